The van der Waals surface area contributed by atoms with Gasteiger partial charge in [-0.15, -0.1) is 0 Å². The van der Waals surface area contributed by atoms with E-state index in [1.807, 2.05) is 0 Å². The third kappa shape index (κ3) is 3.71. The molecule has 0 aromatic heterocycles. The van der Waals surface area contributed by atoms with E-state index >= 15 is 0 Å². The number of hydrogen-bond acceptors (Lipinski definition) is 4. The number of nitrogens with one attached hydrogen (secondary N) is 1. The smallest absolute Gasteiger partial charge is 0.308 e. The lowest BCUT2D eigenvalue weighted by Gasteiger charge is -2.15. The van der Waals surface area contributed by atoms with Gasteiger partial charge in [0, 0.05) is 18.7 Å². The van der Waals surface area contributed by atoms with Crippen molar-refractivity contribution in [3.8, 4) is 5.75 Å². The van der Waals surface area contributed by atoms with Crippen molar-refractivity contribution in [3.05, 3.63) is 24.3 Å². The molecule has 1 aromatic carbocycles. The van der Waals surface area contributed by atoms with Gasteiger partial charge in [-0.2, -0.15) is 0 Å². The molecule has 2 rings (SSSR count). The number of aliphatic carboxylic acids is 1. The first-order chi connectivity index (χ1) is 9.99. The van der Waals surface area contributed by atoms with E-state index < -0.39 is 11.9 Å². The second-order valence-electron chi connectivity index (χ2n) is 4.79. The monoisotopic (exact) mass is 292 g/mol. The molecule has 7 nitrogen and oxygen atoms in total. The highest BCUT2D eigenvalue weighted by atomic mass is 16.5. The predicted molar refractivity (Wildman–Crippen MR) is 73.9 cm³/mol. The van der Waals surface area contributed by atoms with Crippen LogP contribution >= 0.6 is 0 Å². The number of carbonyl (C=O) groups excluding carboxylic acids is 2. The van der Waals surface area contributed by atoms with Gasteiger partial charge < -0.3 is 20.1 Å². The van der Waals surface area contributed by atoms with Gasteiger partial charge in [0.15, 0.2) is 0 Å². The Bertz CT molecular complexity index is 555. The number of likely N-dealkylation sites (tertiary alicyclic amines) is 1. The van der Waals surface area contributed by atoms with Crippen LogP contribution in [-0.2, 0) is 14.4 Å². The van der Waals surface area contributed by atoms with Gasteiger partial charge in [-0.25, -0.2) is 0 Å². The Balaban J connectivity index is 1.89. The van der Waals surface area contributed by atoms with Crippen LogP contribution in [0.4, 0.5) is 5.69 Å². The van der Waals surface area contributed by atoms with Gasteiger partial charge >= 0.3 is 5.97 Å². The number of rotatable bonds is 5. The number of carboxylic acids is 1. The van der Waals surface area contributed by atoms with Crippen LogP contribution in [0.25, 0.3) is 0 Å². The molecule has 0 spiro atoms. The quantitative estimate of drug-likeness (QED) is 0.827. The van der Waals surface area contributed by atoms with Crippen LogP contribution in [0.3, 0.4) is 0 Å². The van der Waals surface area contributed by atoms with Crippen molar-refractivity contribution in [2.24, 2.45) is 5.92 Å². The zero-order valence-electron chi connectivity index (χ0n) is 11.5. The SMILES string of the molecule is COc1ccc(NC(=O)CN2CC(C(=O)O)CC2=O)cc1. The summed E-state index contributed by atoms with van der Waals surface area (Å²) in [6, 6.07) is 6.78. The molecule has 1 fully saturated rings. The molecular formula is C14H16N2O5. The molecule has 1 unspecified atom stereocenters. The van der Waals surface area contributed by atoms with Crippen LogP contribution in [0.5, 0.6) is 5.75 Å². The molecule has 0 radical (unpaired) electrons. The average Bonchev–Trinajstić information content (AvgIpc) is 2.81. The summed E-state index contributed by atoms with van der Waals surface area (Å²) in [5, 5.41) is 11.5. The molecule has 2 N–H and O–H groups in total. The maximum absolute atomic E-state index is 11.9. The number of nitrogens with zero attached hydrogens (tertiary/aromatic N) is 1. The summed E-state index contributed by atoms with van der Waals surface area (Å²) in [5.41, 5.74) is 0.585. The molecule has 1 aliphatic rings. The number of carbonyl (C=O) groups is 3. The van der Waals surface area contributed by atoms with Gasteiger partial charge in [0.1, 0.15) is 5.75 Å². The maximum atomic E-state index is 11.9. The van der Waals surface area contributed by atoms with Crippen LogP contribution in [0.2, 0.25) is 0 Å². The number of carboxylic acid groups (broad SMARTS) is 1. The number of ether oxygens (including phenoxy) is 1. The van der Waals surface area contributed by atoms with Crippen molar-refractivity contribution in [1.29, 1.82) is 0 Å². The third-order valence-corrected chi connectivity index (χ3v) is 3.27. The maximum Gasteiger partial charge on any atom is 0.308 e. The fourth-order valence-corrected chi connectivity index (χ4v) is 2.14. The highest BCUT2D eigenvalue weighted by Crippen LogP contribution is 2.18. The Morgan fingerprint density at radius 1 is 1.38 bits per heavy atom. The van der Waals surface area contributed by atoms with E-state index in [1.54, 1.807) is 31.4 Å². The third-order valence-electron chi connectivity index (χ3n) is 3.27. The van der Waals surface area contributed by atoms with Gasteiger partial charge in [0.2, 0.25) is 11.8 Å². The number of anilines is 1. The van der Waals surface area contributed by atoms with E-state index in [1.165, 1.54) is 4.90 Å². The topological polar surface area (TPSA) is 95.9 Å². The van der Waals surface area contributed by atoms with Gasteiger partial charge in [0.25, 0.3) is 0 Å². The summed E-state index contributed by atoms with van der Waals surface area (Å²) in [7, 11) is 1.55. The molecule has 1 saturated heterocycles. The molecule has 21 heavy (non-hydrogen) atoms. The van der Waals surface area contributed by atoms with E-state index in [-0.39, 0.29) is 31.3 Å². The highest BCUT2D eigenvalue weighted by Gasteiger charge is 2.34. The van der Waals surface area contributed by atoms with E-state index in [0.29, 0.717) is 11.4 Å². The second kappa shape index (κ2) is 6.25. The van der Waals surface area contributed by atoms with E-state index in [4.69, 9.17) is 9.84 Å². The van der Waals surface area contributed by atoms with Crippen LogP contribution in [0.1, 0.15) is 6.42 Å². The van der Waals surface area contributed by atoms with Gasteiger partial charge in [-0.3, -0.25) is 14.4 Å². The zero-order chi connectivity index (χ0) is 15.4. The minimum atomic E-state index is -1.01. The minimum Gasteiger partial charge on any atom is -0.497 e. The molecule has 1 aliphatic heterocycles. The molecular weight excluding hydrogens is 276 g/mol. The lowest BCUT2D eigenvalue weighted by molar-refractivity contribution is -0.141. The fraction of sp³-hybridized carbons (Fsp3) is 0.357. The Morgan fingerprint density at radius 3 is 2.57 bits per heavy atom. The van der Waals surface area contributed by atoms with Crippen LogP contribution in [0.15, 0.2) is 24.3 Å². The number of amides is 2. The normalized spacial score (nSPS) is 17.7. The van der Waals surface area contributed by atoms with Gasteiger partial charge in [-0.1, -0.05) is 0 Å². The van der Waals surface area contributed by atoms with Crippen LogP contribution in [0, 0.1) is 5.92 Å². The van der Waals surface area contributed by atoms with Crippen molar-refractivity contribution in [1.82, 2.24) is 4.90 Å². The van der Waals surface area contributed by atoms with Crippen molar-refractivity contribution < 1.29 is 24.2 Å². The molecule has 112 valence electrons. The van der Waals surface area contributed by atoms with Crippen molar-refractivity contribution in [2.45, 2.75) is 6.42 Å². The molecule has 7 heteroatoms. The first-order valence-corrected chi connectivity index (χ1v) is 6.44. The summed E-state index contributed by atoms with van der Waals surface area (Å²) in [4.78, 5) is 35.6. The Labute approximate surface area is 121 Å². The zero-order valence-corrected chi connectivity index (χ0v) is 11.5. The van der Waals surface area contributed by atoms with Gasteiger partial charge in [-0.05, 0) is 24.3 Å². The number of hydrogen-bond donors (Lipinski definition) is 2. The van der Waals surface area contributed by atoms with E-state index in [2.05, 4.69) is 5.32 Å². The summed E-state index contributed by atoms with van der Waals surface area (Å²) in [6.45, 7) is -0.0706. The van der Waals surface area contributed by atoms with E-state index in [0.717, 1.165) is 0 Å². The molecule has 0 aliphatic carbocycles. The Morgan fingerprint density at radius 2 is 2.05 bits per heavy atom. The second-order valence-corrected chi connectivity index (χ2v) is 4.79. The summed E-state index contributed by atoms with van der Waals surface area (Å²) >= 11 is 0. The summed E-state index contributed by atoms with van der Waals surface area (Å²) in [6.07, 6.45) is -0.0504. The Kier molecular flexibility index (Phi) is 4.42. The highest BCUT2D eigenvalue weighted by molar-refractivity contribution is 5.96. The summed E-state index contributed by atoms with van der Waals surface area (Å²) < 4.78 is 5.01. The summed E-state index contributed by atoms with van der Waals surface area (Å²) in [5.74, 6) is -1.74. The van der Waals surface area contributed by atoms with E-state index in [9.17, 15) is 14.4 Å². The number of benzene rings is 1. The van der Waals surface area contributed by atoms with Crippen LogP contribution in [-0.4, -0.2) is 48.0 Å². The lowest BCUT2D eigenvalue weighted by atomic mass is 10.1. The predicted octanol–water partition coefficient (Wildman–Crippen LogP) is 0.567. The molecule has 2 amide bonds. The molecule has 0 bridgehead atoms. The van der Waals surface area contributed by atoms with Crippen molar-refractivity contribution in [2.75, 3.05) is 25.5 Å². The average molecular weight is 292 g/mol. The number of methoxy groups -OCH3 is 1. The fourth-order valence-electron chi connectivity index (χ4n) is 2.14. The molecule has 0 saturated carbocycles. The first-order valence-electron chi connectivity index (χ1n) is 6.44. The van der Waals surface area contributed by atoms with Crippen LogP contribution < -0.4 is 10.1 Å². The van der Waals surface area contributed by atoms with Crippen molar-refractivity contribution in [3.63, 3.8) is 0 Å². The van der Waals surface area contributed by atoms with Gasteiger partial charge in [0.05, 0.1) is 19.6 Å². The minimum absolute atomic E-state index is 0.0504. The first kappa shape index (κ1) is 14.8. The molecule has 1 heterocycles. The lowest BCUT2D eigenvalue weighted by Crippen LogP contribution is -2.34. The Hall–Kier alpha value is -2.57. The van der Waals surface area contributed by atoms with Crippen molar-refractivity contribution >= 4 is 23.5 Å². The molecule has 1 atom stereocenters. The standard InChI is InChI=1S/C14H16N2O5/c1-21-11-4-2-10(3-5-11)15-12(17)8-16-7-9(14(19)20)6-13(16)18/h2-5,9H,6-8H2,1H3,(H,15,17)(H,19,20). The molecule has 1 aromatic rings. The largest absolute Gasteiger partial charge is 0.497 e.